The fourth-order valence-electron chi connectivity index (χ4n) is 1.33. The van der Waals surface area contributed by atoms with Gasteiger partial charge in [0.15, 0.2) is 0 Å². The van der Waals surface area contributed by atoms with Crippen LogP contribution in [0.1, 0.15) is 26.7 Å². The predicted octanol–water partition coefficient (Wildman–Crippen LogP) is 4.21. The minimum Gasteiger partial charge on any atom is -0.126 e. The molecule has 1 aromatic rings. The highest BCUT2D eigenvalue weighted by Gasteiger charge is 2.00. The zero-order valence-electron chi connectivity index (χ0n) is 8.49. The van der Waals surface area contributed by atoms with Crippen molar-refractivity contribution in [2.45, 2.75) is 31.6 Å². The third-order valence-corrected chi connectivity index (χ3v) is 3.40. The summed E-state index contributed by atoms with van der Waals surface area (Å²) in [7, 11) is 0. The van der Waals surface area contributed by atoms with Crippen molar-refractivity contribution in [2.75, 3.05) is 5.75 Å². The summed E-state index contributed by atoms with van der Waals surface area (Å²) in [6, 6.07) is 10.6. The van der Waals surface area contributed by atoms with E-state index in [2.05, 4.69) is 44.2 Å². The maximum absolute atomic E-state index is 2.33. The van der Waals surface area contributed by atoms with Gasteiger partial charge in [0.05, 0.1) is 0 Å². The Labute approximate surface area is 85.7 Å². The van der Waals surface area contributed by atoms with Crippen molar-refractivity contribution in [3.63, 3.8) is 0 Å². The Kier molecular flexibility index (Phi) is 4.99. The van der Waals surface area contributed by atoms with E-state index < -0.39 is 0 Å². The van der Waals surface area contributed by atoms with E-state index in [0.29, 0.717) is 0 Å². The summed E-state index contributed by atoms with van der Waals surface area (Å²) in [5.41, 5.74) is 0. The maximum atomic E-state index is 2.33. The van der Waals surface area contributed by atoms with Crippen molar-refractivity contribution in [3.05, 3.63) is 30.3 Å². The zero-order valence-corrected chi connectivity index (χ0v) is 9.31. The Balaban J connectivity index is 2.27. The van der Waals surface area contributed by atoms with Crippen molar-refractivity contribution < 1.29 is 0 Å². The van der Waals surface area contributed by atoms with Gasteiger partial charge in [-0.15, -0.1) is 11.8 Å². The molecule has 0 saturated carbocycles. The molecule has 0 saturated heterocycles. The molecular formula is C12H18S. The van der Waals surface area contributed by atoms with E-state index in [1.54, 1.807) is 0 Å². The molecule has 1 heteroatoms. The largest absolute Gasteiger partial charge is 0.126 e. The van der Waals surface area contributed by atoms with Crippen LogP contribution in [-0.2, 0) is 0 Å². The lowest BCUT2D eigenvalue weighted by molar-refractivity contribution is 0.585. The van der Waals surface area contributed by atoms with Gasteiger partial charge in [0.2, 0.25) is 0 Å². The summed E-state index contributed by atoms with van der Waals surface area (Å²) in [6.45, 7) is 4.59. The molecule has 0 aliphatic rings. The van der Waals surface area contributed by atoms with Crippen molar-refractivity contribution in [1.82, 2.24) is 0 Å². The van der Waals surface area contributed by atoms with Gasteiger partial charge in [0, 0.05) is 10.6 Å². The molecule has 72 valence electrons. The molecular weight excluding hydrogens is 176 g/mol. The molecule has 0 amide bonds. The SMILES string of the molecule is CCCC(C)CSc1ccccc1. The van der Waals surface area contributed by atoms with Gasteiger partial charge in [-0.1, -0.05) is 44.9 Å². The van der Waals surface area contributed by atoms with Crippen molar-refractivity contribution in [2.24, 2.45) is 5.92 Å². The topological polar surface area (TPSA) is 0 Å². The van der Waals surface area contributed by atoms with E-state index in [9.17, 15) is 0 Å². The Morgan fingerprint density at radius 2 is 1.92 bits per heavy atom. The molecule has 1 rings (SSSR count). The van der Waals surface area contributed by atoms with E-state index in [-0.39, 0.29) is 0 Å². The third-order valence-electron chi connectivity index (χ3n) is 2.06. The number of thioether (sulfide) groups is 1. The molecule has 1 atom stereocenters. The first-order valence-electron chi connectivity index (χ1n) is 5.00. The number of rotatable bonds is 5. The van der Waals surface area contributed by atoms with Gasteiger partial charge in [-0.2, -0.15) is 0 Å². The van der Waals surface area contributed by atoms with Crippen LogP contribution >= 0.6 is 11.8 Å². The molecule has 0 nitrogen and oxygen atoms in total. The van der Waals surface area contributed by atoms with Crippen LogP contribution in [0.2, 0.25) is 0 Å². The lowest BCUT2D eigenvalue weighted by atomic mass is 10.1. The minimum atomic E-state index is 0.843. The molecule has 0 aromatic heterocycles. The van der Waals surface area contributed by atoms with Gasteiger partial charge in [-0.25, -0.2) is 0 Å². The molecule has 0 radical (unpaired) electrons. The first-order chi connectivity index (χ1) is 6.33. The Hall–Kier alpha value is -0.430. The second kappa shape index (κ2) is 6.09. The highest BCUT2D eigenvalue weighted by Crippen LogP contribution is 2.21. The number of benzene rings is 1. The smallest absolute Gasteiger partial charge is 0.00720 e. The number of hydrogen-bond acceptors (Lipinski definition) is 1. The highest BCUT2D eigenvalue weighted by atomic mass is 32.2. The molecule has 1 aromatic carbocycles. The molecule has 0 N–H and O–H groups in total. The molecule has 0 bridgehead atoms. The normalized spacial score (nSPS) is 12.8. The first kappa shape index (κ1) is 10.6. The lowest BCUT2D eigenvalue weighted by Gasteiger charge is -2.08. The summed E-state index contributed by atoms with van der Waals surface area (Å²) >= 11 is 1.97. The molecule has 0 spiro atoms. The van der Waals surface area contributed by atoms with E-state index in [1.807, 2.05) is 11.8 Å². The first-order valence-corrected chi connectivity index (χ1v) is 5.99. The quantitative estimate of drug-likeness (QED) is 0.633. The van der Waals surface area contributed by atoms with Gasteiger partial charge >= 0.3 is 0 Å². The fourth-order valence-corrected chi connectivity index (χ4v) is 2.32. The van der Waals surface area contributed by atoms with Gasteiger partial charge < -0.3 is 0 Å². The standard InChI is InChI=1S/C12H18S/c1-3-7-11(2)10-13-12-8-5-4-6-9-12/h4-6,8-9,11H,3,7,10H2,1-2H3. The Morgan fingerprint density at radius 1 is 1.23 bits per heavy atom. The van der Waals surface area contributed by atoms with Crippen LogP contribution < -0.4 is 0 Å². The van der Waals surface area contributed by atoms with E-state index in [1.165, 1.54) is 23.5 Å². The van der Waals surface area contributed by atoms with E-state index >= 15 is 0 Å². The summed E-state index contributed by atoms with van der Waals surface area (Å²) in [6.07, 6.45) is 2.65. The molecule has 13 heavy (non-hydrogen) atoms. The highest BCUT2D eigenvalue weighted by molar-refractivity contribution is 7.99. The van der Waals surface area contributed by atoms with Crippen LogP contribution in [0.25, 0.3) is 0 Å². The Morgan fingerprint density at radius 3 is 2.54 bits per heavy atom. The second-order valence-electron chi connectivity index (χ2n) is 3.52. The van der Waals surface area contributed by atoms with E-state index in [4.69, 9.17) is 0 Å². The van der Waals surface area contributed by atoms with Crippen molar-refractivity contribution in [3.8, 4) is 0 Å². The average Bonchev–Trinajstić information content (AvgIpc) is 2.17. The van der Waals surface area contributed by atoms with Crippen LogP contribution in [0, 0.1) is 5.92 Å². The van der Waals surface area contributed by atoms with Crippen molar-refractivity contribution in [1.29, 1.82) is 0 Å². The fraction of sp³-hybridized carbons (Fsp3) is 0.500. The second-order valence-corrected chi connectivity index (χ2v) is 4.61. The molecule has 0 heterocycles. The third kappa shape index (κ3) is 4.37. The summed E-state index contributed by atoms with van der Waals surface area (Å²) in [5, 5.41) is 0. The summed E-state index contributed by atoms with van der Waals surface area (Å²) < 4.78 is 0. The minimum absolute atomic E-state index is 0.843. The Bertz CT molecular complexity index is 218. The van der Waals surface area contributed by atoms with Gasteiger partial charge in [0.1, 0.15) is 0 Å². The van der Waals surface area contributed by atoms with Crippen LogP contribution in [0.5, 0.6) is 0 Å². The van der Waals surface area contributed by atoms with Crippen molar-refractivity contribution >= 4 is 11.8 Å². The molecule has 0 aliphatic carbocycles. The van der Waals surface area contributed by atoms with Crippen LogP contribution in [0.15, 0.2) is 35.2 Å². The van der Waals surface area contributed by atoms with Gasteiger partial charge in [-0.05, 0) is 18.1 Å². The molecule has 0 fully saturated rings. The van der Waals surface area contributed by atoms with Crippen LogP contribution in [-0.4, -0.2) is 5.75 Å². The number of hydrogen-bond donors (Lipinski definition) is 0. The summed E-state index contributed by atoms with van der Waals surface area (Å²) in [4.78, 5) is 1.39. The van der Waals surface area contributed by atoms with Crippen LogP contribution in [0.4, 0.5) is 0 Å². The monoisotopic (exact) mass is 194 g/mol. The zero-order chi connectivity index (χ0) is 9.52. The average molecular weight is 194 g/mol. The summed E-state index contributed by atoms with van der Waals surface area (Å²) in [5.74, 6) is 2.09. The molecule has 1 unspecified atom stereocenters. The van der Waals surface area contributed by atoms with E-state index in [0.717, 1.165) is 5.92 Å². The lowest BCUT2D eigenvalue weighted by Crippen LogP contribution is -1.96. The van der Waals surface area contributed by atoms with Crippen LogP contribution in [0.3, 0.4) is 0 Å². The predicted molar refractivity (Wildman–Crippen MR) is 61.2 cm³/mol. The van der Waals surface area contributed by atoms with Gasteiger partial charge in [-0.3, -0.25) is 0 Å². The molecule has 0 aliphatic heterocycles. The maximum Gasteiger partial charge on any atom is 0.00720 e. The van der Waals surface area contributed by atoms with Gasteiger partial charge in [0.25, 0.3) is 0 Å².